The van der Waals surface area contributed by atoms with Crippen LogP contribution < -0.4 is 10.2 Å². The van der Waals surface area contributed by atoms with E-state index in [1.165, 1.54) is 25.7 Å². The first-order chi connectivity index (χ1) is 11.1. The van der Waals surface area contributed by atoms with Gasteiger partial charge in [-0.15, -0.1) is 0 Å². The highest BCUT2D eigenvalue weighted by atomic mass is 16.2. The van der Waals surface area contributed by atoms with Crippen LogP contribution >= 0.6 is 0 Å². The van der Waals surface area contributed by atoms with E-state index in [0.717, 1.165) is 49.8 Å². The van der Waals surface area contributed by atoms with Crippen molar-refractivity contribution in [1.82, 2.24) is 9.88 Å². The first-order valence-corrected chi connectivity index (χ1v) is 8.92. The van der Waals surface area contributed by atoms with E-state index in [1.54, 1.807) is 0 Å². The highest BCUT2D eigenvalue weighted by molar-refractivity contribution is 5.90. The Kier molecular flexibility index (Phi) is 5.03. The lowest BCUT2D eigenvalue weighted by molar-refractivity contribution is 0.207. The summed E-state index contributed by atoms with van der Waals surface area (Å²) in [5.74, 6) is 1.61. The van der Waals surface area contributed by atoms with E-state index in [9.17, 15) is 4.79 Å². The van der Waals surface area contributed by atoms with Crippen molar-refractivity contribution >= 4 is 17.5 Å². The van der Waals surface area contributed by atoms with Crippen LogP contribution in [-0.4, -0.2) is 42.1 Å². The summed E-state index contributed by atoms with van der Waals surface area (Å²) in [7, 11) is 0. The summed E-state index contributed by atoms with van der Waals surface area (Å²) in [5.41, 5.74) is 1.72. The Morgan fingerprint density at radius 3 is 2.65 bits per heavy atom. The van der Waals surface area contributed by atoms with Crippen LogP contribution in [0.1, 0.15) is 44.7 Å². The maximum absolute atomic E-state index is 12.5. The SMILES string of the molecule is Cc1nc(N2CCCC2)ccc1NC(=O)N1CCCCC(C)C1. The van der Waals surface area contributed by atoms with Gasteiger partial charge in [0.05, 0.1) is 11.4 Å². The molecule has 126 valence electrons. The molecule has 2 saturated heterocycles. The van der Waals surface area contributed by atoms with Crippen molar-refractivity contribution in [1.29, 1.82) is 0 Å². The van der Waals surface area contributed by atoms with Gasteiger partial charge in [-0.3, -0.25) is 0 Å². The van der Waals surface area contributed by atoms with E-state index in [0.29, 0.717) is 5.92 Å². The molecule has 0 bridgehead atoms. The molecule has 5 heteroatoms. The molecule has 5 nitrogen and oxygen atoms in total. The normalized spacial score (nSPS) is 22.1. The number of aromatic nitrogens is 1. The molecule has 1 aromatic rings. The lowest BCUT2D eigenvalue weighted by atomic mass is 10.1. The minimum atomic E-state index is 0.0116. The fraction of sp³-hybridized carbons (Fsp3) is 0.667. The molecule has 1 atom stereocenters. The van der Waals surface area contributed by atoms with Crippen LogP contribution in [0, 0.1) is 12.8 Å². The molecule has 3 rings (SSSR count). The van der Waals surface area contributed by atoms with Crippen LogP contribution in [0.25, 0.3) is 0 Å². The van der Waals surface area contributed by atoms with E-state index in [4.69, 9.17) is 0 Å². The van der Waals surface area contributed by atoms with Crippen molar-refractivity contribution in [2.45, 2.75) is 46.0 Å². The molecule has 2 aliphatic heterocycles. The molecule has 0 aliphatic carbocycles. The highest BCUT2D eigenvalue weighted by Gasteiger charge is 2.20. The van der Waals surface area contributed by atoms with Gasteiger partial charge in [-0.2, -0.15) is 0 Å². The van der Waals surface area contributed by atoms with Gasteiger partial charge in [0.1, 0.15) is 5.82 Å². The minimum Gasteiger partial charge on any atom is -0.357 e. The summed E-state index contributed by atoms with van der Waals surface area (Å²) < 4.78 is 0. The number of likely N-dealkylation sites (tertiary alicyclic amines) is 1. The number of amides is 2. The molecule has 2 amide bonds. The van der Waals surface area contributed by atoms with Crippen molar-refractivity contribution < 1.29 is 4.79 Å². The molecule has 2 aliphatic rings. The highest BCUT2D eigenvalue weighted by Crippen LogP contribution is 2.23. The zero-order valence-corrected chi connectivity index (χ0v) is 14.3. The summed E-state index contributed by atoms with van der Waals surface area (Å²) >= 11 is 0. The fourth-order valence-electron chi connectivity index (χ4n) is 3.54. The molecule has 0 radical (unpaired) electrons. The topological polar surface area (TPSA) is 48.5 Å². The molecule has 0 saturated carbocycles. The van der Waals surface area contributed by atoms with E-state index in [-0.39, 0.29) is 6.03 Å². The first kappa shape index (κ1) is 16.1. The Hall–Kier alpha value is -1.78. The van der Waals surface area contributed by atoms with Crippen molar-refractivity contribution in [2.75, 3.05) is 36.4 Å². The molecular weight excluding hydrogens is 288 g/mol. The standard InChI is InChI=1S/C18H28N4O/c1-14-7-3-4-12-22(13-14)18(23)20-16-8-9-17(19-15(16)2)21-10-5-6-11-21/h8-9,14H,3-7,10-13H2,1-2H3,(H,20,23). The van der Waals surface area contributed by atoms with Crippen molar-refractivity contribution in [3.63, 3.8) is 0 Å². The third-order valence-corrected chi connectivity index (χ3v) is 4.94. The Bertz CT molecular complexity index is 554. The van der Waals surface area contributed by atoms with Crippen LogP contribution in [0.2, 0.25) is 0 Å². The maximum atomic E-state index is 12.5. The van der Waals surface area contributed by atoms with Gasteiger partial charge in [-0.25, -0.2) is 9.78 Å². The minimum absolute atomic E-state index is 0.0116. The van der Waals surface area contributed by atoms with Gasteiger partial charge in [-0.1, -0.05) is 13.3 Å². The zero-order chi connectivity index (χ0) is 16.2. The molecule has 3 heterocycles. The lowest BCUT2D eigenvalue weighted by Gasteiger charge is -2.24. The second-order valence-corrected chi connectivity index (χ2v) is 6.97. The molecule has 0 spiro atoms. The van der Waals surface area contributed by atoms with E-state index in [2.05, 4.69) is 22.1 Å². The number of carbonyl (C=O) groups excluding carboxylic acids is 1. The Labute approximate surface area is 139 Å². The number of aryl methyl sites for hydroxylation is 1. The van der Waals surface area contributed by atoms with Gasteiger partial charge in [-0.05, 0) is 50.7 Å². The van der Waals surface area contributed by atoms with E-state index in [1.807, 2.05) is 24.0 Å². The Balaban J connectivity index is 1.65. The number of carbonyl (C=O) groups is 1. The summed E-state index contributed by atoms with van der Waals surface area (Å²) in [6, 6.07) is 4.03. The second-order valence-electron chi connectivity index (χ2n) is 6.97. The number of nitrogens with zero attached hydrogens (tertiary/aromatic N) is 3. The summed E-state index contributed by atoms with van der Waals surface area (Å²) in [4.78, 5) is 21.5. The third kappa shape index (κ3) is 3.95. The number of anilines is 2. The van der Waals surface area contributed by atoms with Gasteiger partial charge in [0.2, 0.25) is 0 Å². The smallest absolute Gasteiger partial charge is 0.321 e. The number of pyridine rings is 1. The Morgan fingerprint density at radius 2 is 1.91 bits per heavy atom. The first-order valence-electron chi connectivity index (χ1n) is 8.92. The van der Waals surface area contributed by atoms with Gasteiger partial charge < -0.3 is 15.1 Å². The van der Waals surface area contributed by atoms with E-state index < -0.39 is 0 Å². The number of hydrogen-bond acceptors (Lipinski definition) is 3. The van der Waals surface area contributed by atoms with Crippen LogP contribution in [0.4, 0.5) is 16.3 Å². The predicted molar refractivity (Wildman–Crippen MR) is 94.0 cm³/mol. The van der Waals surface area contributed by atoms with Crippen molar-refractivity contribution in [3.05, 3.63) is 17.8 Å². The van der Waals surface area contributed by atoms with Gasteiger partial charge in [0.25, 0.3) is 0 Å². The second kappa shape index (κ2) is 7.20. The predicted octanol–water partition coefficient (Wildman–Crippen LogP) is 3.64. The summed E-state index contributed by atoms with van der Waals surface area (Å²) in [6.07, 6.45) is 6.02. The van der Waals surface area contributed by atoms with Crippen LogP contribution in [0.15, 0.2) is 12.1 Å². The van der Waals surface area contributed by atoms with Gasteiger partial charge in [0.15, 0.2) is 0 Å². The van der Waals surface area contributed by atoms with Crippen LogP contribution in [-0.2, 0) is 0 Å². The fourth-order valence-corrected chi connectivity index (χ4v) is 3.54. The zero-order valence-electron chi connectivity index (χ0n) is 14.3. The van der Waals surface area contributed by atoms with Gasteiger partial charge in [0, 0.05) is 26.2 Å². The molecule has 1 unspecified atom stereocenters. The lowest BCUT2D eigenvalue weighted by Crippen LogP contribution is -2.37. The number of nitrogens with one attached hydrogen (secondary N) is 1. The van der Waals surface area contributed by atoms with Crippen molar-refractivity contribution in [2.24, 2.45) is 5.92 Å². The molecule has 1 aromatic heterocycles. The van der Waals surface area contributed by atoms with Crippen LogP contribution in [0.3, 0.4) is 0 Å². The number of urea groups is 1. The maximum Gasteiger partial charge on any atom is 0.321 e. The van der Waals surface area contributed by atoms with Crippen molar-refractivity contribution in [3.8, 4) is 0 Å². The molecule has 1 N–H and O–H groups in total. The number of hydrogen-bond donors (Lipinski definition) is 1. The van der Waals surface area contributed by atoms with Gasteiger partial charge >= 0.3 is 6.03 Å². The summed E-state index contributed by atoms with van der Waals surface area (Å²) in [5, 5.41) is 3.05. The van der Waals surface area contributed by atoms with E-state index >= 15 is 0 Å². The average Bonchev–Trinajstić information content (AvgIpc) is 2.98. The molecular formula is C18H28N4O. The van der Waals surface area contributed by atoms with Crippen LogP contribution in [0.5, 0.6) is 0 Å². The molecule has 0 aromatic carbocycles. The quantitative estimate of drug-likeness (QED) is 0.906. The monoisotopic (exact) mass is 316 g/mol. The summed E-state index contributed by atoms with van der Waals surface area (Å²) in [6.45, 7) is 8.08. The third-order valence-electron chi connectivity index (χ3n) is 4.94. The largest absolute Gasteiger partial charge is 0.357 e. The average molecular weight is 316 g/mol. The molecule has 23 heavy (non-hydrogen) atoms. The number of rotatable bonds is 2. The Morgan fingerprint density at radius 1 is 1.17 bits per heavy atom. The molecule has 2 fully saturated rings.